The quantitative estimate of drug-likeness (QED) is 0.307. The highest BCUT2D eigenvalue weighted by Gasteiger charge is 2.10. The van der Waals surface area contributed by atoms with Gasteiger partial charge in [0.2, 0.25) is 0 Å². The summed E-state index contributed by atoms with van der Waals surface area (Å²) in [5.41, 5.74) is 0.391. The zero-order valence-corrected chi connectivity index (χ0v) is 11.6. The number of rotatable bonds is 2. The summed E-state index contributed by atoms with van der Waals surface area (Å²) in [5, 5.41) is 0.212. The predicted molar refractivity (Wildman–Crippen MR) is 64.9 cm³/mol. The van der Waals surface area contributed by atoms with Crippen molar-refractivity contribution >= 4 is 60.2 Å². The van der Waals surface area contributed by atoms with Gasteiger partial charge in [0.25, 0.3) is 0 Å². The molecule has 0 aliphatic carbocycles. The Morgan fingerprint density at radius 1 is 1.54 bits per heavy atom. The zero-order chi connectivity index (χ0) is 10.0. The van der Waals surface area contributed by atoms with E-state index >= 15 is 0 Å². The lowest BCUT2D eigenvalue weighted by molar-refractivity contribution is 0.102. The van der Waals surface area contributed by atoms with Crippen molar-refractivity contribution in [3.8, 4) is 0 Å². The van der Waals surface area contributed by atoms with Crippen LogP contribution >= 0.6 is 54.5 Å². The Balaban J connectivity index is 3.20. The molecule has 0 N–H and O–H groups in total. The van der Waals surface area contributed by atoms with E-state index in [1.54, 1.807) is 6.07 Å². The monoisotopic (exact) mass is 420 g/mol. The number of halogens is 4. The van der Waals surface area contributed by atoms with E-state index in [-0.39, 0.29) is 11.1 Å². The Morgan fingerprint density at radius 3 is 2.62 bits per heavy atom. The molecule has 1 aromatic rings. The van der Waals surface area contributed by atoms with E-state index in [0.717, 1.165) is 0 Å². The summed E-state index contributed by atoms with van der Waals surface area (Å²) in [6.07, 6.45) is 0. The molecule has 0 aliphatic rings. The molecule has 1 nitrogen and oxygen atoms in total. The van der Waals surface area contributed by atoms with Crippen molar-refractivity contribution in [2.45, 2.75) is 0 Å². The highest BCUT2D eigenvalue weighted by molar-refractivity contribution is 14.1. The lowest BCUT2D eigenvalue weighted by Crippen LogP contribution is -2.01. The minimum Gasteiger partial charge on any atom is -0.293 e. The van der Waals surface area contributed by atoms with Crippen LogP contribution in [0.5, 0.6) is 0 Å². The first kappa shape index (κ1) is 11.6. The second-order valence-electron chi connectivity index (χ2n) is 2.31. The number of carbonyl (C=O) groups excluding carboxylic acids is 1. The van der Waals surface area contributed by atoms with E-state index in [4.69, 9.17) is 0 Å². The highest BCUT2D eigenvalue weighted by Crippen LogP contribution is 2.24. The van der Waals surface area contributed by atoms with Crippen LogP contribution in [0.1, 0.15) is 10.4 Å². The van der Waals surface area contributed by atoms with Crippen molar-refractivity contribution in [2.24, 2.45) is 0 Å². The van der Waals surface area contributed by atoms with Gasteiger partial charge in [-0.2, -0.15) is 0 Å². The molecular weight excluding hydrogens is 418 g/mol. The van der Waals surface area contributed by atoms with Crippen LogP contribution in [0.4, 0.5) is 4.39 Å². The number of hydrogen-bond donors (Lipinski definition) is 0. The molecule has 0 fully saturated rings. The summed E-state index contributed by atoms with van der Waals surface area (Å²) in [7, 11) is 0. The third kappa shape index (κ3) is 2.73. The van der Waals surface area contributed by atoms with E-state index in [0.29, 0.717) is 13.6 Å². The van der Waals surface area contributed by atoms with Crippen LogP contribution in [0.2, 0.25) is 0 Å². The molecule has 1 rings (SSSR count). The van der Waals surface area contributed by atoms with Crippen molar-refractivity contribution in [1.29, 1.82) is 0 Å². The Hall–Kier alpha value is 0.510. The van der Waals surface area contributed by atoms with E-state index in [9.17, 15) is 9.18 Å². The highest BCUT2D eigenvalue weighted by atomic mass is 127. The van der Waals surface area contributed by atoms with E-state index < -0.39 is 5.82 Å². The largest absolute Gasteiger partial charge is 0.293 e. The molecule has 5 heteroatoms. The molecule has 0 amide bonds. The van der Waals surface area contributed by atoms with Crippen LogP contribution in [0, 0.1) is 9.39 Å². The Kier molecular flexibility index (Phi) is 4.31. The van der Waals surface area contributed by atoms with Crippen molar-refractivity contribution in [3.63, 3.8) is 0 Å². The second-order valence-corrected chi connectivity index (χ2v) is 4.83. The summed E-state index contributed by atoms with van der Waals surface area (Å²) in [6.45, 7) is 0. The van der Waals surface area contributed by atoms with Gasteiger partial charge in [0.05, 0.1) is 9.80 Å². The molecule has 0 atom stereocenters. The van der Waals surface area contributed by atoms with Gasteiger partial charge in [-0.15, -0.1) is 0 Å². The first-order valence-corrected chi connectivity index (χ1v) is 6.29. The summed E-state index contributed by atoms with van der Waals surface area (Å²) in [4.78, 5) is 11.2. The number of ketones is 1. The van der Waals surface area contributed by atoms with Crippen LogP contribution in [-0.2, 0) is 0 Å². The Labute approximate surface area is 105 Å². The molecule has 13 heavy (non-hydrogen) atoms. The fraction of sp³-hybridized carbons (Fsp3) is 0.125. The molecule has 0 heterocycles. The van der Waals surface area contributed by atoms with Gasteiger partial charge in [0.1, 0.15) is 5.82 Å². The van der Waals surface area contributed by atoms with Crippen LogP contribution in [0.3, 0.4) is 0 Å². The summed E-state index contributed by atoms with van der Waals surface area (Å²) < 4.78 is 14.2. The Bertz CT molecular complexity index is 331. The normalized spacial score (nSPS) is 10.2. The second kappa shape index (κ2) is 4.84. The third-order valence-corrected chi connectivity index (χ3v) is 4.33. The van der Waals surface area contributed by atoms with Gasteiger partial charge >= 0.3 is 0 Å². The summed E-state index contributed by atoms with van der Waals surface area (Å²) in [5.74, 6) is -0.527. The predicted octanol–water partition coefficient (Wildman–Crippen LogP) is 3.77. The molecule has 0 bridgehead atoms. The van der Waals surface area contributed by atoms with E-state index in [1.807, 2.05) is 22.6 Å². The van der Waals surface area contributed by atoms with Gasteiger partial charge < -0.3 is 0 Å². The molecule has 0 aliphatic heterocycles. The van der Waals surface area contributed by atoms with Crippen LogP contribution in [0.25, 0.3) is 0 Å². The van der Waals surface area contributed by atoms with Crippen molar-refractivity contribution < 1.29 is 9.18 Å². The molecule has 0 saturated carbocycles. The number of benzene rings is 1. The first-order valence-electron chi connectivity index (χ1n) is 3.30. The van der Waals surface area contributed by atoms with Crippen LogP contribution in [-0.4, -0.2) is 11.1 Å². The minimum atomic E-state index is -0.406. The molecule has 0 aromatic heterocycles. The standard InChI is InChI=1S/C8H4Br2FIO/c9-3-7(13)4-1-5(11)8(10)6(12)2-4/h1-2H,3H2. The summed E-state index contributed by atoms with van der Waals surface area (Å²) >= 11 is 8.08. The zero-order valence-electron chi connectivity index (χ0n) is 6.28. The van der Waals surface area contributed by atoms with E-state index in [1.165, 1.54) is 6.07 Å². The van der Waals surface area contributed by atoms with Gasteiger partial charge in [-0.05, 0) is 50.7 Å². The van der Waals surface area contributed by atoms with Crippen molar-refractivity contribution in [2.75, 3.05) is 5.33 Å². The van der Waals surface area contributed by atoms with Crippen LogP contribution < -0.4 is 0 Å². The minimum absolute atomic E-state index is 0.121. The molecule has 0 spiro atoms. The Morgan fingerprint density at radius 2 is 2.15 bits per heavy atom. The summed E-state index contributed by atoms with van der Waals surface area (Å²) in [6, 6.07) is 2.88. The van der Waals surface area contributed by atoms with Gasteiger partial charge in [0, 0.05) is 9.13 Å². The topological polar surface area (TPSA) is 17.1 Å². The van der Waals surface area contributed by atoms with Gasteiger partial charge in [-0.25, -0.2) is 4.39 Å². The average Bonchev–Trinajstić information content (AvgIpc) is 2.12. The number of Topliss-reactive ketones (excluding diaryl/α,β-unsaturated/α-hetero) is 1. The lowest BCUT2D eigenvalue weighted by Gasteiger charge is -2.02. The molecule has 70 valence electrons. The average molecular weight is 422 g/mol. The van der Waals surface area contributed by atoms with Crippen molar-refractivity contribution in [1.82, 2.24) is 0 Å². The number of alkyl halides is 1. The molecule has 0 saturated heterocycles. The van der Waals surface area contributed by atoms with Gasteiger partial charge in [-0.1, -0.05) is 15.9 Å². The number of carbonyl (C=O) groups is 1. The number of hydrogen-bond acceptors (Lipinski definition) is 1. The van der Waals surface area contributed by atoms with Crippen LogP contribution in [0.15, 0.2) is 16.6 Å². The van der Waals surface area contributed by atoms with Gasteiger partial charge in [-0.3, -0.25) is 4.79 Å². The first-order chi connectivity index (χ1) is 6.06. The van der Waals surface area contributed by atoms with Crippen molar-refractivity contribution in [3.05, 3.63) is 31.6 Å². The van der Waals surface area contributed by atoms with Gasteiger partial charge in [0.15, 0.2) is 5.78 Å². The maximum Gasteiger partial charge on any atom is 0.173 e. The van der Waals surface area contributed by atoms with E-state index in [2.05, 4.69) is 31.9 Å². The molecular formula is C8H4Br2FIO. The smallest absolute Gasteiger partial charge is 0.173 e. The maximum atomic E-state index is 13.1. The molecule has 0 unspecified atom stereocenters. The fourth-order valence-electron chi connectivity index (χ4n) is 0.794. The fourth-order valence-corrected chi connectivity index (χ4v) is 1.94. The molecule has 1 aromatic carbocycles. The molecule has 0 radical (unpaired) electrons. The lowest BCUT2D eigenvalue weighted by atomic mass is 10.1. The SMILES string of the molecule is O=C(CBr)c1cc(F)c(Br)c(I)c1. The third-order valence-electron chi connectivity index (χ3n) is 1.43. The maximum absolute atomic E-state index is 13.1.